The Labute approximate surface area is 72.8 Å². The van der Waals surface area contributed by atoms with Gasteiger partial charge in [-0.05, 0) is 18.1 Å². The Balaban J connectivity index is 2.59. The van der Waals surface area contributed by atoms with E-state index in [1.807, 2.05) is 18.3 Å². The lowest BCUT2D eigenvalue weighted by Gasteiger charge is -2.17. The number of rotatable bonds is 2. The highest BCUT2D eigenvalue weighted by Crippen LogP contribution is 2.10. The third-order valence-corrected chi connectivity index (χ3v) is 1.97. The van der Waals surface area contributed by atoms with E-state index in [1.54, 1.807) is 11.1 Å². The molecule has 3 nitrogen and oxygen atoms in total. The molecule has 1 aliphatic heterocycles. The van der Waals surface area contributed by atoms with Crippen LogP contribution in [0.3, 0.4) is 0 Å². The van der Waals surface area contributed by atoms with E-state index in [4.69, 9.17) is 11.0 Å². The average molecular weight is 163 g/mol. The van der Waals surface area contributed by atoms with Crippen LogP contribution in [0.5, 0.6) is 0 Å². The average Bonchev–Trinajstić information content (AvgIpc) is 2.17. The van der Waals surface area contributed by atoms with Gasteiger partial charge in [-0.15, -0.1) is 0 Å². The zero-order valence-corrected chi connectivity index (χ0v) is 7.20. The number of hydrogen-bond donors (Lipinski definition) is 1. The predicted molar refractivity (Wildman–Crippen MR) is 47.8 cm³/mol. The molecule has 0 amide bonds. The zero-order valence-electron chi connectivity index (χ0n) is 7.20. The quantitative estimate of drug-likeness (QED) is 0.617. The second-order valence-electron chi connectivity index (χ2n) is 2.79. The summed E-state index contributed by atoms with van der Waals surface area (Å²) in [5.41, 5.74) is 6.94. The molecule has 0 aromatic heterocycles. The highest BCUT2D eigenvalue weighted by molar-refractivity contribution is 5.28. The van der Waals surface area contributed by atoms with Gasteiger partial charge in [0.05, 0.1) is 6.54 Å². The fourth-order valence-electron chi connectivity index (χ4n) is 1.09. The minimum atomic E-state index is 0.113. The molecule has 64 valence electrons. The highest BCUT2D eigenvalue weighted by Gasteiger charge is 2.08. The SMILES string of the molecule is CC[C@H](N)C1=CCN(C#N)C=C1. The second kappa shape index (κ2) is 3.93. The zero-order chi connectivity index (χ0) is 8.97. The van der Waals surface area contributed by atoms with Crippen LogP contribution in [-0.4, -0.2) is 17.5 Å². The molecule has 0 saturated carbocycles. The number of nitrogens with zero attached hydrogens (tertiary/aromatic N) is 2. The van der Waals surface area contributed by atoms with E-state index in [9.17, 15) is 0 Å². The van der Waals surface area contributed by atoms with E-state index in [-0.39, 0.29) is 6.04 Å². The van der Waals surface area contributed by atoms with Gasteiger partial charge in [0.2, 0.25) is 0 Å². The summed E-state index contributed by atoms with van der Waals surface area (Å²) in [6, 6.07) is 0.113. The van der Waals surface area contributed by atoms with Gasteiger partial charge in [-0.1, -0.05) is 13.0 Å². The Bertz CT molecular complexity index is 247. The first-order chi connectivity index (χ1) is 5.77. The van der Waals surface area contributed by atoms with E-state index in [0.29, 0.717) is 6.54 Å². The van der Waals surface area contributed by atoms with Crippen molar-refractivity contribution < 1.29 is 0 Å². The molecule has 1 heterocycles. The van der Waals surface area contributed by atoms with Crippen LogP contribution in [0.2, 0.25) is 0 Å². The molecule has 12 heavy (non-hydrogen) atoms. The Hall–Kier alpha value is -1.27. The summed E-state index contributed by atoms with van der Waals surface area (Å²) in [6.07, 6.45) is 8.65. The fraction of sp³-hybridized carbons (Fsp3) is 0.444. The molecule has 0 aromatic rings. The minimum absolute atomic E-state index is 0.113. The van der Waals surface area contributed by atoms with Crippen LogP contribution in [0.4, 0.5) is 0 Å². The van der Waals surface area contributed by atoms with Crippen LogP contribution in [0.25, 0.3) is 0 Å². The molecule has 0 fully saturated rings. The first-order valence-corrected chi connectivity index (χ1v) is 4.08. The van der Waals surface area contributed by atoms with Gasteiger partial charge in [-0.3, -0.25) is 4.90 Å². The van der Waals surface area contributed by atoms with E-state index in [1.165, 1.54) is 0 Å². The lowest BCUT2D eigenvalue weighted by molar-refractivity contribution is 0.569. The van der Waals surface area contributed by atoms with E-state index >= 15 is 0 Å². The maximum atomic E-state index is 8.54. The molecule has 1 rings (SSSR count). The van der Waals surface area contributed by atoms with Gasteiger partial charge in [0.25, 0.3) is 0 Å². The molecular formula is C9H13N3. The van der Waals surface area contributed by atoms with Gasteiger partial charge in [0, 0.05) is 12.2 Å². The van der Waals surface area contributed by atoms with Crippen molar-refractivity contribution in [3.05, 3.63) is 23.9 Å². The fourth-order valence-corrected chi connectivity index (χ4v) is 1.09. The smallest absolute Gasteiger partial charge is 0.184 e. The summed E-state index contributed by atoms with van der Waals surface area (Å²) in [5.74, 6) is 0. The normalized spacial score (nSPS) is 18.4. The van der Waals surface area contributed by atoms with Crippen LogP contribution >= 0.6 is 0 Å². The number of nitriles is 1. The molecule has 0 radical (unpaired) electrons. The van der Waals surface area contributed by atoms with Gasteiger partial charge in [-0.25, -0.2) is 0 Å². The van der Waals surface area contributed by atoms with Gasteiger partial charge in [-0.2, -0.15) is 5.26 Å². The highest BCUT2D eigenvalue weighted by atomic mass is 15.1. The summed E-state index contributed by atoms with van der Waals surface area (Å²) in [7, 11) is 0. The Kier molecular flexibility index (Phi) is 2.89. The molecule has 0 spiro atoms. The van der Waals surface area contributed by atoms with Crippen molar-refractivity contribution in [3.63, 3.8) is 0 Å². The molecular weight excluding hydrogens is 150 g/mol. The summed E-state index contributed by atoms with van der Waals surface area (Å²) in [6.45, 7) is 2.70. The summed E-state index contributed by atoms with van der Waals surface area (Å²) in [5, 5.41) is 8.54. The largest absolute Gasteiger partial charge is 0.324 e. The van der Waals surface area contributed by atoms with Crippen molar-refractivity contribution in [3.8, 4) is 6.19 Å². The van der Waals surface area contributed by atoms with Gasteiger partial charge >= 0.3 is 0 Å². The summed E-state index contributed by atoms with van der Waals surface area (Å²) >= 11 is 0. The maximum absolute atomic E-state index is 8.54. The number of nitrogens with two attached hydrogens (primary N) is 1. The van der Waals surface area contributed by atoms with E-state index < -0.39 is 0 Å². The third-order valence-electron chi connectivity index (χ3n) is 1.97. The van der Waals surface area contributed by atoms with Gasteiger partial charge < -0.3 is 5.73 Å². The number of hydrogen-bond acceptors (Lipinski definition) is 3. The Morgan fingerprint density at radius 2 is 2.58 bits per heavy atom. The van der Waals surface area contributed by atoms with Gasteiger partial charge in [0.1, 0.15) is 0 Å². The van der Waals surface area contributed by atoms with Crippen molar-refractivity contribution in [2.24, 2.45) is 5.73 Å². The van der Waals surface area contributed by atoms with Crippen LogP contribution in [0, 0.1) is 11.5 Å². The van der Waals surface area contributed by atoms with Gasteiger partial charge in [0.15, 0.2) is 6.19 Å². The molecule has 1 aliphatic rings. The lowest BCUT2D eigenvalue weighted by Crippen LogP contribution is -2.24. The lowest BCUT2D eigenvalue weighted by atomic mass is 10.0. The van der Waals surface area contributed by atoms with Crippen molar-refractivity contribution in [2.45, 2.75) is 19.4 Å². The van der Waals surface area contributed by atoms with Crippen LogP contribution in [0.1, 0.15) is 13.3 Å². The maximum Gasteiger partial charge on any atom is 0.184 e. The van der Waals surface area contributed by atoms with Crippen LogP contribution in [-0.2, 0) is 0 Å². The van der Waals surface area contributed by atoms with E-state index in [0.717, 1.165) is 12.0 Å². The monoisotopic (exact) mass is 163 g/mol. The predicted octanol–water partition coefficient (Wildman–Crippen LogP) is 0.960. The minimum Gasteiger partial charge on any atom is -0.324 e. The van der Waals surface area contributed by atoms with Crippen molar-refractivity contribution >= 4 is 0 Å². The molecule has 0 saturated heterocycles. The topological polar surface area (TPSA) is 53.0 Å². The second-order valence-corrected chi connectivity index (χ2v) is 2.79. The Morgan fingerprint density at radius 1 is 1.83 bits per heavy atom. The molecule has 0 bridgehead atoms. The van der Waals surface area contributed by atoms with Crippen molar-refractivity contribution in [1.29, 1.82) is 5.26 Å². The third kappa shape index (κ3) is 1.86. The molecule has 1 atom stereocenters. The first-order valence-electron chi connectivity index (χ1n) is 4.08. The van der Waals surface area contributed by atoms with Crippen LogP contribution in [0.15, 0.2) is 23.9 Å². The molecule has 0 aromatic carbocycles. The molecule has 3 heteroatoms. The standard InChI is InChI=1S/C9H13N3/c1-2-9(11)8-3-5-12(7-10)6-4-8/h3-5,9H,2,6,11H2,1H3/t9-/m0/s1. The van der Waals surface area contributed by atoms with Crippen molar-refractivity contribution in [2.75, 3.05) is 6.54 Å². The van der Waals surface area contributed by atoms with E-state index in [2.05, 4.69) is 6.92 Å². The summed E-state index contributed by atoms with van der Waals surface area (Å²) in [4.78, 5) is 1.56. The van der Waals surface area contributed by atoms with Crippen LogP contribution < -0.4 is 5.73 Å². The Morgan fingerprint density at radius 3 is 3.00 bits per heavy atom. The van der Waals surface area contributed by atoms with Crippen molar-refractivity contribution in [1.82, 2.24) is 4.90 Å². The summed E-state index contributed by atoms with van der Waals surface area (Å²) < 4.78 is 0. The first kappa shape index (κ1) is 8.82. The molecule has 0 unspecified atom stereocenters. The molecule has 2 N–H and O–H groups in total. The molecule has 0 aliphatic carbocycles.